The van der Waals surface area contributed by atoms with E-state index < -0.39 is 29.0 Å². The number of hydrogen-bond acceptors (Lipinski definition) is 10. The van der Waals surface area contributed by atoms with Crippen LogP contribution in [0.25, 0.3) is 0 Å². The number of amides is 2. The number of rotatable bonds is 10. The van der Waals surface area contributed by atoms with Crippen molar-refractivity contribution in [3.63, 3.8) is 0 Å². The fraction of sp³-hybridized carbons (Fsp3) is 0.120. The lowest BCUT2D eigenvalue weighted by Crippen LogP contribution is -2.35. The summed E-state index contributed by atoms with van der Waals surface area (Å²) in [5, 5.41) is 35.9. The van der Waals surface area contributed by atoms with E-state index in [1.165, 1.54) is 67.6 Å². The van der Waals surface area contributed by atoms with Crippen LogP contribution in [0.15, 0.2) is 77.0 Å². The van der Waals surface area contributed by atoms with Gasteiger partial charge in [-0.25, -0.2) is 19.3 Å². The van der Waals surface area contributed by atoms with E-state index in [1.54, 1.807) is 0 Å². The number of carbonyl (C=O) groups is 4. The molecule has 3 aromatic carbocycles. The minimum absolute atomic E-state index is 0.0133. The molecule has 0 unspecified atom stereocenters. The molecule has 0 atom stereocenters. The van der Waals surface area contributed by atoms with Crippen LogP contribution >= 0.6 is 0 Å². The standard InChI is InChI=1S/C25H20N4O10/c1-2-28(25(34)35)22(30)16-7-9-18(10-8-16)26-27-19-11-12-21(20(13-19)23(31)32)39-24(33)17-5-3-15(4-6-17)14-38-29(36)37/h3-13H,2,14H2,1H3,(H,31,32)(H,34,35). The summed E-state index contributed by atoms with van der Waals surface area (Å²) in [6.07, 6.45) is -1.37. The van der Waals surface area contributed by atoms with Crippen molar-refractivity contribution in [2.75, 3.05) is 6.54 Å². The Morgan fingerprint density at radius 2 is 1.49 bits per heavy atom. The van der Waals surface area contributed by atoms with E-state index in [0.29, 0.717) is 16.2 Å². The molecule has 0 aliphatic rings. The van der Waals surface area contributed by atoms with Crippen molar-refractivity contribution in [2.45, 2.75) is 13.5 Å². The number of nitrogens with zero attached hydrogens (tertiary/aromatic N) is 4. The smallest absolute Gasteiger partial charge is 0.414 e. The van der Waals surface area contributed by atoms with Crippen molar-refractivity contribution in [2.24, 2.45) is 10.2 Å². The Kier molecular flexibility index (Phi) is 8.97. The normalized spacial score (nSPS) is 10.6. The van der Waals surface area contributed by atoms with Crippen LogP contribution in [-0.2, 0) is 11.4 Å². The number of esters is 1. The first-order chi connectivity index (χ1) is 18.6. The molecule has 0 saturated carbocycles. The SMILES string of the molecule is CCN(C(=O)O)C(=O)c1ccc(N=Nc2ccc(OC(=O)c3ccc(CO[N+](=O)[O-])cc3)c(C(=O)O)c2)cc1. The van der Waals surface area contributed by atoms with Gasteiger partial charge in [0.15, 0.2) is 0 Å². The van der Waals surface area contributed by atoms with Gasteiger partial charge in [0.05, 0.1) is 16.9 Å². The molecule has 0 saturated heterocycles. The first kappa shape index (κ1) is 27.9. The van der Waals surface area contributed by atoms with Crippen LogP contribution in [0.4, 0.5) is 16.2 Å². The second-order valence-corrected chi connectivity index (χ2v) is 7.65. The Balaban J connectivity index is 1.72. The third-order valence-corrected chi connectivity index (χ3v) is 5.11. The van der Waals surface area contributed by atoms with E-state index in [9.17, 15) is 34.4 Å². The number of imide groups is 1. The van der Waals surface area contributed by atoms with E-state index in [4.69, 9.17) is 9.84 Å². The maximum Gasteiger partial charge on any atom is 0.414 e. The van der Waals surface area contributed by atoms with Gasteiger partial charge in [-0.05, 0) is 67.1 Å². The van der Waals surface area contributed by atoms with Gasteiger partial charge in [-0.3, -0.25) is 4.79 Å². The zero-order chi connectivity index (χ0) is 28.5. The molecule has 0 fully saturated rings. The van der Waals surface area contributed by atoms with Gasteiger partial charge in [-0.2, -0.15) is 10.2 Å². The summed E-state index contributed by atoms with van der Waals surface area (Å²) in [5.41, 5.74) is 0.734. The van der Waals surface area contributed by atoms with Gasteiger partial charge in [0.25, 0.3) is 11.0 Å². The lowest BCUT2D eigenvalue weighted by Gasteiger charge is -2.14. The summed E-state index contributed by atoms with van der Waals surface area (Å²) in [5.74, 6) is -3.17. The predicted molar refractivity (Wildman–Crippen MR) is 132 cm³/mol. The Morgan fingerprint density at radius 3 is 2.05 bits per heavy atom. The fourth-order valence-corrected chi connectivity index (χ4v) is 3.17. The molecule has 3 aromatic rings. The third kappa shape index (κ3) is 7.42. The van der Waals surface area contributed by atoms with Crippen LogP contribution in [0, 0.1) is 10.1 Å². The highest BCUT2D eigenvalue weighted by molar-refractivity contribution is 6.02. The highest BCUT2D eigenvalue weighted by atomic mass is 16.9. The van der Waals surface area contributed by atoms with Crippen molar-refractivity contribution in [3.05, 3.63) is 99.1 Å². The van der Waals surface area contributed by atoms with Crippen molar-refractivity contribution in [1.82, 2.24) is 4.90 Å². The topological polar surface area (TPSA) is 198 Å². The maximum absolute atomic E-state index is 12.5. The number of ether oxygens (including phenoxy) is 1. The number of aromatic carboxylic acids is 1. The highest BCUT2D eigenvalue weighted by Gasteiger charge is 2.20. The molecule has 0 heterocycles. The molecule has 14 heteroatoms. The van der Waals surface area contributed by atoms with Crippen LogP contribution in [0.3, 0.4) is 0 Å². The van der Waals surface area contributed by atoms with Crippen LogP contribution in [0.5, 0.6) is 5.75 Å². The summed E-state index contributed by atoms with van der Waals surface area (Å²) in [6.45, 7) is 1.22. The molecule has 2 amide bonds. The number of carboxylic acid groups (broad SMARTS) is 2. The number of carboxylic acids is 1. The van der Waals surface area contributed by atoms with Crippen LogP contribution < -0.4 is 4.74 Å². The fourth-order valence-electron chi connectivity index (χ4n) is 3.17. The molecule has 3 rings (SSSR count). The number of benzene rings is 3. The number of carbonyl (C=O) groups excluding carboxylic acids is 2. The second-order valence-electron chi connectivity index (χ2n) is 7.65. The van der Waals surface area contributed by atoms with E-state index in [-0.39, 0.29) is 41.3 Å². The minimum Gasteiger partial charge on any atom is -0.478 e. The predicted octanol–water partition coefficient (Wildman–Crippen LogP) is 4.87. The molecule has 2 N–H and O–H groups in total. The first-order valence-corrected chi connectivity index (χ1v) is 11.1. The van der Waals surface area contributed by atoms with Crippen molar-refractivity contribution in [1.29, 1.82) is 0 Å². The van der Waals surface area contributed by atoms with E-state index in [1.807, 2.05) is 0 Å². The molecule has 200 valence electrons. The molecule has 0 aliphatic carbocycles. The summed E-state index contributed by atoms with van der Waals surface area (Å²) in [4.78, 5) is 62.8. The molecule has 0 radical (unpaired) electrons. The third-order valence-electron chi connectivity index (χ3n) is 5.11. The van der Waals surface area contributed by atoms with Gasteiger partial charge in [0, 0.05) is 12.1 Å². The molecule has 14 nitrogen and oxygen atoms in total. The van der Waals surface area contributed by atoms with Gasteiger partial charge in [-0.1, -0.05) is 12.1 Å². The van der Waals surface area contributed by atoms with Gasteiger partial charge >= 0.3 is 18.0 Å². The summed E-state index contributed by atoms with van der Waals surface area (Å²) in [7, 11) is 0. The van der Waals surface area contributed by atoms with Crippen LogP contribution in [0.2, 0.25) is 0 Å². The first-order valence-electron chi connectivity index (χ1n) is 11.1. The van der Waals surface area contributed by atoms with Crippen LogP contribution in [0.1, 0.15) is 43.6 Å². The summed E-state index contributed by atoms with van der Waals surface area (Å²) >= 11 is 0. The van der Waals surface area contributed by atoms with Crippen LogP contribution in [-0.4, -0.2) is 50.7 Å². The molecular formula is C25H20N4O10. The monoisotopic (exact) mass is 536 g/mol. The zero-order valence-electron chi connectivity index (χ0n) is 20.2. The molecule has 0 aromatic heterocycles. The highest BCUT2D eigenvalue weighted by Crippen LogP contribution is 2.27. The van der Waals surface area contributed by atoms with E-state index in [2.05, 4.69) is 15.1 Å². The van der Waals surface area contributed by atoms with Gasteiger partial charge in [0.1, 0.15) is 17.9 Å². The lowest BCUT2D eigenvalue weighted by molar-refractivity contribution is -0.763. The largest absolute Gasteiger partial charge is 0.478 e. The second kappa shape index (κ2) is 12.5. The Labute approximate surface area is 219 Å². The Bertz CT molecular complexity index is 1440. The molecule has 39 heavy (non-hydrogen) atoms. The van der Waals surface area contributed by atoms with Gasteiger partial charge < -0.3 is 19.8 Å². The average Bonchev–Trinajstić information content (AvgIpc) is 2.91. The minimum atomic E-state index is -1.39. The maximum atomic E-state index is 12.5. The van der Waals surface area contributed by atoms with E-state index >= 15 is 0 Å². The number of hydrogen-bond donors (Lipinski definition) is 2. The van der Waals surface area contributed by atoms with Crippen molar-refractivity contribution < 1.29 is 44.1 Å². The molecular weight excluding hydrogens is 516 g/mol. The van der Waals surface area contributed by atoms with Crippen molar-refractivity contribution >= 4 is 35.3 Å². The molecule has 0 bridgehead atoms. The van der Waals surface area contributed by atoms with Gasteiger partial charge in [-0.15, -0.1) is 10.1 Å². The van der Waals surface area contributed by atoms with E-state index in [0.717, 1.165) is 6.07 Å². The number of azo groups is 1. The van der Waals surface area contributed by atoms with Crippen molar-refractivity contribution in [3.8, 4) is 5.75 Å². The molecule has 0 spiro atoms. The summed E-state index contributed by atoms with van der Waals surface area (Å²) in [6, 6.07) is 15.0. The Morgan fingerprint density at radius 1 is 0.897 bits per heavy atom. The average molecular weight is 536 g/mol. The zero-order valence-corrected chi connectivity index (χ0v) is 20.2. The molecule has 0 aliphatic heterocycles. The Hall–Kier alpha value is -5.66. The quantitative estimate of drug-likeness (QED) is 0.118. The lowest BCUT2D eigenvalue weighted by atomic mass is 10.1. The summed E-state index contributed by atoms with van der Waals surface area (Å²) < 4.78 is 5.22. The van der Waals surface area contributed by atoms with Gasteiger partial charge in [0.2, 0.25) is 0 Å².